The van der Waals surface area contributed by atoms with Crippen molar-refractivity contribution < 1.29 is 4.74 Å². The number of hydrogen-bond acceptors (Lipinski definition) is 2. The largest absolute Gasteiger partial charge is 0.373 e. The van der Waals surface area contributed by atoms with Gasteiger partial charge in [-0.25, -0.2) is 0 Å². The van der Waals surface area contributed by atoms with E-state index in [9.17, 15) is 0 Å². The Kier molecular flexibility index (Phi) is 3.94. The lowest BCUT2D eigenvalue weighted by Crippen LogP contribution is -2.22. The van der Waals surface area contributed by atoms with Crippen molar-refractivity contribution >= 4 is 0 Å². The summed E-state index contributed by atoms with van der Waals surface area (Å²) in [7, 11) is 0. The van der Waals surface area contributed by atoms with Crippen molar-refractivity contribution in [2.24, 2.45) is 5.92 Å². The highest BCUT2D eigenvalue weighted by Gasteiger charge is 2.32. The fraction of sp³-hybridized carbons (Fsp3) is 0.750. The number of ether oxygens (including phenoxy) is 1. The second kappa shape index (κ2) is 5.68. The molecule has 1 aliphatic carbocycles. The van der Waals surface area contributed by atoms with Gasteiger partial charge in [0.15, 0.2) is 0 Å². The van der Waals surface area contributed by atoms with Gasteiger partial charge in [-0.2, -0.15) is 0 Å². The maximum atomic E-state index is 5.91. The van der Waals surface area contributed by atoms with E-state index in [2.05, 4.69) is 42.2 Å². The smallest absolute Gasteiger partial charge is 0.0758 e. The van der Waals surface area contributed by atoms with Crippen molar-refractivity contribution in [2.45, 2.75) is 64.3 Å². The molecule has 106 valence electrons. The van der Waals surface area contributed by atoms with Gasteiger partial charge in [0.2, 0.25) is 0 Å². The summed E-state index contributed by atoms with van der Waals surface area (Å²) in [6.45, 7) is 6.43. The molecule has 0 amide bonds. The molecule has 2 fully saturated rings. The van der Waals surface area contributed by atoms with Crippen molar-refractivity contribution in [1.82, 2.24) is 9.88 Å². The number of nitrogens with zero attached hydrogens (tertiary/aromatic N) is 1. The normalized spacial score (nSPS) is 28.7. The van der Waals surface area contributed by atoms with E-state index >= 15 is 0 Å². The predicted octanol–water partition coefficient (Wildman–Crippen LogP) is 3.12. The monoisotopic (exact) mass is 262 g/mol. The molecule has 1 N–H and O–H groups in total. The Morgan fingerprint density at radius 2 is 2.21 bits per heavy atom. The van der Waals surface area contributed by atoms with Crippen LogP contribution >= 0.6 is 0 Å². The lowest BCUT2D eigenvalue weighted by atomic mass is 10.1. The van der Waals surface area contributed by atoms with Crippen LogP contribution in [0.1, 0.15) is 51.1 Å². The number of hydrogen-bond donors (Lipinski definition) is 1. The molecule has 2 heterocycles. The van der Waals surface area contributed by atoms with Crippen molar-refractivity contribution in [1.29, 1.82) is 0 Å². The minimum Gasteiger partial charge on any atom is -0.373 e. The van der Waals surface area contributed by atoms with Gasteiger partial charge in [0.1, 0.15) is 0 Å². The standard InChI is InChI=1S/C16H26N2O/c1-3-17-16(13-5-6-13)14-8-9-18(10-14)11-15-7-4-12(2)19-15/h8-10,12-13,15-17H,3-7,11H2,1-2H3. The third-order valence-corrected chi connectivity index (χ3v) is 4.38. The first-order valence-electron chi connectivity index (χ1n) is 7.80. The van der Waals surface area contributed by atoms with E-state index in [0.29, 0.717) is 18.2 Å². The van der Waals surface area contributed by atoms with Crippen LogP contribution in [0.3, 0.4) is 0 Å². The van der Waals surface area contributed by atoms with Gasteiger partial charge >= 0.3 is 0 Å². The Bertz CT molecular complexity index is 411. The molecule has 1 saturated carbocycles. The summed E-state index contributed by atoms with van der Waals surface area (Å²) in [5.41, 5.74) is 1.45. The Hall–Kier alpha value is -0.800. The molecule has 1 aromatic heterocycles. The summed E-state index contributed by atoms with van der Waals surface area (Å²) in [4.78, 5) is 0. The zero-order chi connectivity index (χ0) is 13.2. The summed E-state index contributed by atoms with van der Waals surface area (Å²) in [6.07, 6.45) is 10.6. The molecule has 1 saturated heterocycles. The second-order valence-corrected chi connectivity index (χ2v) is 6.16. The molecule has 3 unspecified atom stereocenters. The minimum absolute atomic E-state index is 0.411. The lowest BCUT2D eigenvalue weighted by Gasteiger charge is -2.16. The third kappa shape index (κ3) is 3.21. The molecular weight excluding hydrogens is 236 g/mol. The van der Waals surface area contributed by atoms with E-state index in [1.165, 1.54) is 31.2 Å². The quantitative estimate of drug-likeness (QED) is 0.852. The molecule has 1 aromatic rings. The zero-order valence-electron chi connectivity index (χ0n) is 12.1. The number of aromatic nitrogens is 1. The fourth-order valence-corrected chi connectivity index (χ4v) is 3.22. The topological polar surface area (TPSA) is 26.2 Å². The van der Waals surface area contributed by atoms with Crippen LogP contribution in [-0.4, -0.2) is 23.3 Å². The van der Waals surface area contributed by atoms with Gasteiger partial charge in [0.05, 0.1) is 12.2 Å². The van der Waals surface area contributed by atoms with Gasteiger partial charge in [0.25, 0.3) is 0 Å². The molecule has 3 rings (SSSR count). The van der Waals surface area contributed by atoms with E-state index in [0.717, 1.165) is 19.0 Å². The summed E-state index contributed by atoms with van der Waals surface area (Å²) in [6, 6.07) is 2.85. The predicted molar refractivity (Wildman–Crippen MR) is 77.1 cm³/mol. The molecule has 0 spiro atoms. The highest BCUT2D eigenvalue weighted by atomic mass is 16.5. The fourth-order valence-electron chi connectivity index (χ4n) is 3.22. The third-order valence-electron chi connectivity index (χ3n) is 4.38. The van der Waals surface area contributed by atoms with Crippen molar-refractivity contribution in [3.63, 3.8) is 0 Å². The SMILES string of the molecule is CCNC(c1ccn(CC2CCC(C)O2)c1)C1CC1. The number of nitrogens with one attached hydrogen (secondary N) is 1. The molecule has 3 heteroatoms. The molecule has 0 bridgehead atoms. The van der Waals surface area contributed by atoms with E-state index in [1.807, 2.05) is 0 Å². The first-order chi connectivity index (χ1) is 9.26. The average molecular weight is 262 g/mol. The van der Waals surface area contributed by atoms with Gasteiger partial charge < -0.3 is 14.6 Å². The molecule has 2 aliphatic rings. The maximum absolute atomic E-state index is 5.91. The summed E-state index contributed by atoms with van der Waals surface area (Å²) in [5, 5.41) is 3.63. The Labute approximate surface area is 116 Å². The van der Waals surface area contributed by atoms with Crippen LogP contribution in [0.25, 0.3) is 0 Å². The molecule has 0 aromatic carbocycles. The van der Waals surface area contributed by atoms with E-state index in [-0.39, 0.29) is 0 Å². The zero-order valence-corrected chi connectivity index (χ0v) is 12.1. The summed E-state index contributed by atoms with van der Waals surface area (Å²) >= 11 is 0. The Morgan fingerprint density at radius 1 is 1.37 bits per heavy atom. The lowest BCUT2D eigenvalue weighted by molar-refractivity contribution is 0.0458. The van der Waals surface area contributed by atoms with Crippen LogP contribution in [0.4, 0.5) is 0 Å². The molecule has 3 atom stereocenters. The Morgan fingerprint density at radius 3 is 2.84 bits per heavy atom. The van der Waals surface area contributed by atoms with Crippen LogP contribution in [0.15, 0.2) is 18.5 Å². The van der Waals surface area contributed by atoms with E-state index in [4.69, 9.17) is 4.74 Å². The summed E-state index contributed by atoms with van der Waals surface area (Å²) in [5.74, 6) is 0.860. The van der Waals surface area contributed by atoms with Gasteiger partial charge in [-0.3, -0.25) is 0 Å². The Balaban J connectivity index is 1.61. The van der Waals surface area contributed by atoms with Crippen molar-refractivity contribution in [3.8, 4) is 0 Å². The van der Waals surface area contributed by atoms with E-state index < -0.39 is 0 Å². The molecule has 1 aliphatic heterocycles. The maximum Gasteiger partial charge on any atom is 0.0758 e. The van der Waals surface area contributed by atoms with Gasteiger partial charge in [-0.1, -0.05) is 6.92 Å². The first kappa shape index (κ1) is 13.2. The van der Waals surface area contributed by atoms with Gasteiger partial charge in [0, 0.05) is 25.0 Å². The number of rotatable bonds is 6. The van der Waals surface area contributed by atoms with Gasteiger partial charge in [-0.15, -0.1) is 0 Å². The van der Waals surface area contributed by atoms with Crippen molar-refractivity contribution in [3.05, 3.63) is 24.0 Å². The van der Waals surface area contributed by atoms with E-state index in [1.54, 1.807) is 0 Å². The minimum atomic E-state index is 0.411. The molecular formula is C16H26N2O. The second-order valence-electron chi connectivity index (χ2n) is 6.16. The van der Waals surface area contributed by atoms with Crippen LogP contribution in [0.2, 0.25) is 0 Å². The van der Waals surface area contributed by atoms with Gasteiger partial charge in [-0.05, 0) is 56.7 Å². The molecule has 19 heavy (non-hydrogen) atoms. The van der Waals surface area contributed by atoms with Crippen LogP contribution < -0.4 is 5.32 Å². The van der Waals surface area contributed by atoms with Crippen molar-refractivity contribution in [2.75, 3.05) is 6.54 Å². The highest BCUT2D eigenvalue weighted by Crippen LogP contribution is 2.41. The van der Waals surface area contributed by atoms with Crippen LogP contribution in [0.5, 0.6) is 0 Å². The van der Waals surface area contributed by atoms with Crippen LogP contribution in [-0.2, 0) is 11.3 Å². The molecule has 0 radical (unpaired) electrons. The van der Waals surface area contributed by atoms with Crippen LogP contribution in [0, 0.1) is 5.92 Å². The molecule has 3 nitrogen and oxygen atoms in total. The summed E-state index contributed by atoms with van der Waals surface area (Å²) < 4.78 is 8.22. The average Bonchev–Trinajstić information content (AvgIpc) is 3.00. The first-order valence-corrected chi connectivity index (χ1v) is 7.80. The highest BCUT2D eigenvalue weighted by molar-refractivity contribution is 5.18.